The molecule has 0 aromatic rings. The molecular weight excluding hydrogens is 262 g/mol. The van der Waals surface area contributed by atoms with Crippen molar-refractivity contribution in [1.82, 2.24) is 10.6 Å². The van der Waals surface area contributed by atoms with Gasteiger partial charge in [-0.2, -0.15) is 0 Å². The molecule has 0 spiro atoms. The number of carboxylic acids is 1. The number of carboxylic acid groups (broad SMARTS) is 1. The van der Waals surface area contributed by atoms with Crippen LogP contribution in [0.3, 0.4) is 0 Å². The van der Waals surface area contributed by atoms with Crippen LogP contribution in [-0.4, -0.2) is 35.1 Å². The van der Waals surface area contributed by atoms with Gasteiger partial charge in [0.1, 0.15) is 6.04 Å². The standard InChI is InChI=1S/C13H25N3O4/c1-4-8(2)7-9(3)15-13(20)16-10(12(18)19)5-6-11(14)17/h8-10H,4-7H2,1-3H3,(H2,14,17)(H,18,19)(H2,15,16,20)/t8?,9?,10-/m0/s1. The summed E-state index contributed by atoms with van der Waals surface area (Å²) in [6, 6.07) is -1.70. The van der Waals surface area contributed by atoms with Gasteiger partial charge >= 0.3 is 12.0 Å². The summed E-state index contributed by atoms with van der Waals surface area (Å²) in [6.45, 7) is 6.02. The number of amides is 3. The van der Waals surface area contributed by atoms with Gasteiger partial charge in [-0.15, -0.1) is 0 Å². The van der Waals surface area contributed by atoms with E-state index >= 15 is 0 Å². The molecule has 0 aliphatic heterocycles. The van der Waals surface area contributed by atoms with E-state index in [1.165, 1.54) is 0 Å². The Bertz CT molecular complexity index is 347. The number of hydrogen-bond acceptors (Lipinski definition) is 3. The summed E-state index contributed by atoms with van der Waals surface area (Å²) >= 11 is 0. The monoisotopic (exact) mass is 287 g/mol. The number of rotatable bonds is 9. The normalized spacial score (nSPS) is 14.9. The fraction of sp³-hybridized carbons (Fsp3) is 0.769. The Hall–Kier alpha value is -1.79. The molecule has 0 saturated carbocycles. The van der Waals surface area contributed by atoms with Crippen molar-refractivity contribution < 1.29 is 19.5 Å². The zero-order valence-corrected chi connectivity index (χ0v) is 12.3. The van der Waals surface area contributed by atoms with Gasteiger partial charge in [-0.05, 0) is 25.7 Å². The van der Waals surface area contributed by atoms with E-state index < -0.39 is 23.9 Å². The molecule has 0 aromatic heterocycles. The van der Waals surface area contributed by atoms with E-state index in [4.69, 9.17) is 10.8 Å². The molecule has 0 rings (SSSR count). The molecule has 0 fully saturated rings. The van der Waals surface area contributed by atoms with E-state index in [2.05, 4.69) is 24.5 Å². The van der Waals surface area contributed by atoms with Gasteiger partial charge in [-0.25, -0.2) is 9.59 Å². The highest BCUT2D eigenvalue weighted by Crippen LogP contribution is 2.09. The molecule has 0 radical (unpaired) electrons. The van der Waals surface area contributed by atoms with Gasteiger partial charge in [0.05, 0.1) is 0 Å². The molecule has 0 aliphatic carbocycles. The molecule has 7 nitrogen and oxygen atoms in total. The lowest BCUT2D eigenvalue weighted by Crippen LogP contribution is -2.48. The molecule has 0 saturated heterocycles. The first-order chi connectivity index (χ1) is 9.26. The molecule has 0 bridgehead atoms. The fourth-order valence-electron chi connectivity index (χ4n) is 1.80. The second-order valence-electron chi connectivity index (χ2n) is 5.16. The largest absolute Gasteiger partial charge is 0.480 e. The van der Waals surface area contributed by atoms with Crippen molar-refractivity contribution in [3.8, 4) is 0 Å². The predicted molar refractivity (Wildman–Crippen MR) is 75.1 cm³/mol. The molecule has 5 N–H and O–H groups in total. The number of primary amides is 1. The average Bonchev–Trinajstić information content (AvgIpc) is 2.33. The minimum atomic E-state index is -1.18. The molecule has 7 heteroatoms. The topological polar surface area (TPSA) is 122 Å². The second kappa shape index (κ2) is 9.17. The van der Waals surface area contributed by atoms with E-state index in [0.29, 0.717) is 5.92 Å². The van der Waals surface area contributed by atoms with Crippen molar-refractivity contribution in [3.05, 3.63) is 0 Å². The Kier molecular flexibility index (Phi) is 8.35. The van der Waals surface area contributed by atoms with Crippen LogP contribution in [-0.2, 0) is 9.59 Å². The summed E-state index contributed by atoms with van der Waals surface area (Å²) in [5.41, 5.74) is 4.96. The van der Waals surface area contributed by atoms with Crippen LogP contribution in [0, 0.1) is 5.92 Å². The average molecular weight is 287 g/mol. The van der Waals surface area contributed by atoms with Gasteiger partial charge in [-0.1, -0.05) is 20.3 Å². The third kappa shape index (κ3) is 8.34. The summed E-state index contributed by atoms with van der Waals surface area (Å²) in [5.74, 6) is -1.30. The van der Waals surface area contributed by atoms with Gasteiger partial charge in [0.25, 0.3) is 0 Å². The van der Waals surface area contributed by atoms with Crippen LogP contribution in [0.2, 0.25) is 0 Å². The van der Waals surface area contributed by atoms with Gasteiger partial charge in [0.15, 0.2) is 0 Å². The summed E-state index contributed by atoms with van der Waals surface area (Å²) in [7, 11) is 0. The summed E-state index contributed by atoms with van der Waals surface area (Å²) in [4.78, 5) is 33.3. The van der Waals surface area contributed by atoms with Gasteiger partial charge < -0.3 is 21.5 Å². The summed E-state index contributed by atoms with van der Waals surface area (Å²) in [6.07, 6.45) is 1.74. The highest BCUT2D eigenvalue weighted by Gasteiger charge is 2.21. The first-order valence-electron chi connectivity index (χ1n) is 6.84. The smallest absolute Gasteiger partial charge is 0.326 e. The molecule has 0 heterocycles. The fourth-order valence-corrected chi connectivity index (χ4v) is 1.80. The maximum Gasteiger partial charge on any atom is 0.326 e. The molecule has 2 unspecified atom stereocenters. The first-order valence-corrected chi connectivity index (χ1v) is 6.84. The van der Waals surface area contributed by atoms with Crippen LogP contribution in [0.5, 0.6) is 0 Å². The van der Waals surface area contributed by atoms with Crippen LogP contribution in [0.15, 0.2) is 0 Å². The zero-order chi connectivity index (χ0) is 15.7. The van der Waals surface area contributed by atoms with Crippen molar-refractivity contribution in [2.75, 3.05) is 0 Å². The summed E-state index contributed by atoms with van der Waals surface area (Å²) < 4.78 is 0. The zero-order valence-electron chi connectivity index (χ0n) is 12.3. The highest BCUT2D eigenvalue weighted by molar-refractivity contribution is 5.83. The second-order valence-corrected chi connectivity index (χ2v) is 5.16. The van der Waals surface area contributed by atoms with Crippen molar-refractivity contribution in [3.63, 3.8) is 0 Å². The minimum Gasteiger partial charge on any atom is -0.480 e. The van der Waals surface area contributed by atoms with Crippen molar-refractivity contribution >= 4 is 17.9 Å². The number of aliphatic carboxylic acids is 1. The van der Waals surface area contributed by atoms with Crippen LogP contribution < -0.4 is 16.4 Å². The number of urea groups is 1. The number of nitrogens with two attached hydrogens (primary N) is 1. The molecule has 3 amide bonds. The number of hydrogen-bond donors (Lipinski definition) is 4. The van der Waals surface area contributed by atoms with E-state index in [0.717, 1.165) is 12.8 Å². The molecule has 0 aromatic carbocycles. The van der Waals surface area contributed by atoms with Gasteiger partial charge in [-0.3, -0.25) is 4.79 Å². The Balaban J connectivity index is 4.25. The Morgan fingerprint density at radius 3 is 2.25 bits per heavy atom. The van der Waals surface area contributed by atoms with Crippen LogP contribution in [0.4, 0.5) is 4.79 Å². The van der Waals surface area contributed by atoms with Crippen molar-refractivity contribution in [1.29, 1.82) is 0 Å². The molecular formula is C13H25N3O4. The van der Waals surface area contributed by atoms with Crippen LogP contribution >= 0.6 is 0 Å². The third-order valence-electron chi connectivity index (χ3n) is 3.11. The Morgan fingerprint density at radius 2 is 1.80 bits per heavy atom. The Morgan fingerprint density at radius 1 is 1.20 bits per heavy atom. The minimum absolute atomic E-state index is 0.0160. The van der Waals surface area contributed by atoms with Crippen LogP contribution in [0.25, 0.3) is 0 Å². The van der Waals surface area contributed by atoms with E-state index in [1.807, 2.05) is 6.92 Å². The molecule has 20 heavy (non-hydrogen) atoms. The molecule has 0 aliphatic rings. The molecule has 116 valence electrons. The SMILES string of the molecule is CCC(C)CC(C)NC(=O)N[C@@H](CCC(N)=O)C(=O)O. The van der Waals surface area contributed by atoms with Crippen LogP contribution in [0.1, 0.15) is 46.5 Å². The van der Waals surface area contributed by atoms with Crippen molar-refractivity contribution in [2.45, 2.75) is 58.5 Å². The molecule has 3 atom stereocenters. The van der Waals surface area contributed by atoms with E-state index in [9.17, 15) is 14.4 Å². The van der Waals surface area contributed by atoms with Gasteiger partial charge in [0, 0.05) is 12.5 Å². The number of carbonyl (C=O) groups is 3. The van der Waals surface area contributed by atoms with E-state index in [1.54, 1.807) is 0 Å². The van der Waals surface area contributed by atoms with Crippen molar-refractivity contribution in [2.24, 2.45) is 11.7 Å². The number of nitrogens with one attached hydrogen (secondary N) is 2. The maximum atomic E-state index is 11.7. The quantitative estimate of drug-likeness (QED) is 0.501. The third-order valence-corrected chi connectivity index (χ3v) is 3.11. The maximum absolute atomic E-state index is 11.7. The van der Waals surface area contributed by atoms with E-state index in [-0.39, 0.29) is 18.9 Å². The lowest BCUT2D eigenvalue weighted by molar-refractivity contribution is -0.139. The highest BCUT2D eigenvalue weighted by atomic mass is 16.4. The summed E-state index contributed by atoms with van der Waals surface area (Å²) in [5, 5.41) is 14.0. The lowest BCUT2D eigenvalue weighted by Gasteiger charge is -2.20. The Labute approximate surface area is 119 Å². The number of carbonyl (C=O) groups excluding carboxylic acids is 2. The first kappa shape index (κ1) is 18.2. The predicted octanol–water partition coefficient (Wildman–Crippen LogP) is 0.829. The van der Waals surface area contributed by atoms with Gasteiger partial charge in [0.2, 0.25) is 5.91 Å². The lowest BCUT2D eigenvalue weighted by atomic mass is 10.0.